The number of nitrogens with one attached hydrogen (secondary N) is 1. The molecular weight excluding hydrogens is 408 g/mol. The van der Waals surface area contributed by atoms with Gasteiger partial charge in [0.1, 0.15) is 24.0 Å². The number of rotatable bonds is 6. The van der Waals surface area contributed by atoms with E-state index in [0.717, 1.165) is 27.5 Å². The Morgan fingerprint density at radius 3 is 2.52 bits per heavy atom. The predicted molar refractivity (Wildman–Crippen MR) is 133 cm³/mol. The summed E-state index contributed by atoms with van der Waals surface area (Å²) >= 11 is 0. The van der Waals surface area contributed by atoms with Crippen LogP contribution in [0.15, 0.2) is 90.5 Å². The summed E-state index contributed by atoms with van der Waals surface area (Å²) in [6.07, 6.45) is 1.61. The molecule has 4 aromatic carbocycles. The molecule has 4 aromatic rings. The third kappa shape index (κ3) is 5.11. The molecular formula is C29H24N2O2. The fourth-order valence-corrected chi connectivity index (χ4v) is 3.64. The Morgan fingerprint density at radius 1 is 0.970 bits per heavy atom. The van der Waals surface area contributed by atoms with Crippen molar-refractivity contribution >= 4 is 28.4 Å². The molecule has 0 bridgehead atoms. The first-order valence-corrected chi connectivity index (χ1v) is 10.7. The molecule has 1 amide bonds. The molecule has 0 heterocycles. The number of fused-ring (bicyclic) bond motifs is 1. The number of hydrogen-bond donors (Lipinski definition) is 1. The first kappa shape index (κ1) is 21.9. The minimum atomic E-state index is -0.451. The van der Waals surface area contributed by atoms with E-state index >= 15 is 0 Å². The van der Waals surface area contributed by atoms with E-state index in [-0.39, 0.29) is 5.57 Å². The van der Waals surface area contributed by atoms with Gasteiger partial charge in [-0.3, -0.25) is 4.79 Å². The van der Waals surface area contributed by atoms with Gasteiger partial charge in [-0.2, -0.15) is 5.26 Å². The molecule has 0 fully saturated rings. The minimum Gasteiger partial charge on any atom is -0.488 e. The molecule has 162 valence electrons. The van der Waals surface area contributed by atoms with E-state index in [1.807, 2.05) is 98.8 Å². The van der Waals surface area contributed by atoms with Crippen LogP contribution in [0.25, 0.3) is 16.8 Å². The number of aryl methyl sites for hydroxylation is 2. The molecule has 0 saturated heterocycles. The van der Waals surface area contributed by atoms with Crippen molar-refractivity contribution in [1.29, 1.82) is 5.26 Å². The average Bonchev–Trinajstić information content (AvgIpc) is 2.84. The highest BCUT2D eigenvalue weighted by atomic mass is 16.5. The molecule has 0 aliphatic rings. The molecule has 4 heteroatoms. The fourth-order valence-electron chi connectivity index (χ4n) is 3.64. The van der Waals surface area contributed by atoms with E-state index in [2.05, 4.69) is 11.4 Å². The lowest BCUT2D eigenvalue weighted by molar-refractivity contribution is -0.112. The topological polar surface area (TPSA) is 62.1 Å². The van der Waals surface area contributed by atoms with Gasteiger partial charge in [0.2, 0.25) is 0 Å². The van der Waals surface area contributed by atoms with Gasteiger partial charge in [0.15, 0.2) is 0 Å². The summed E-state index contributed by atoms with van der Waals surface area (Å²) in [5.74, 6) is 0.165. The van der Waals surface area contributed by atoms with Crippen LogP contribution in [-0.2, 0) is 11.4 Å². The maximum Gasteiger partial charge on any atom is 0.266 e. The molecule has 4 nitrogen and oxygen atoms in total. The number of carbonyl (C=O) groups excluding carboxylic acids is 1. The highest BCUT2D eigenvalue weighted by Crippen LogP contribution is 2.31. The Bertz CT molecular complexity index is 1380. The highest BCUT2D eigenvalue weighted by Gasteiger charge is 2.15. The minimum absolute atomic E-state index is 0.0109. The van der Waals surface area contributed by atoms with Crippen LogP contribution in [-0.4, -0.2) is 5.91 Å². The van der Waals surface area contributed by atoms with Crippen LogP contribution in [0.5, 0.6) is 5.75 Å². The first-order chi connectivity index (χ1) is 16.0. The third-order valence-electron chi connectivity index (χ3n) is 5.46. The SMILES string of the molecule is Cc1ccc(C)c(NC(=O)/C(C#N)=C/c2c(OCc3ccccc3)ccc3ccccc23)c1. The van der Waals surface area contributed by atoms with Crippen LogP contribution >= 0.6 is 0 Å². The molecule has 33 heavy (non-hydrogen) atoms. The zero-order valence-electron chi connectivity index (χ0n) is 18.6. The predicted octanol–water partition coefficient (Wildman–Crippen LogP) is 6.58. The van der Waals surface area contributed by atoms with E-state index in [1.54, 1.807) is 6.08 Å². The van der Waals surface area contributed by atoms with Crippen molar-refractivity contribution in [3.05, 3.63) is 113 Å². The molecule has 1 N–H and O–H groups in total. The zero-order valence-corrected chi connectivity index (χ0v) is 18.6. The Labute approximate surface area is 193 Å². The molecule has 4 rings (SSSR count). The number of ether oxygens (including phenoxy) is 1. The van der Waals surface area contributed by atoms with Gasteiger partial charge in [0.05, 0.1) is 0 Å². The van der Waals surface area contributed by atoms with Gasteiger partial charge in [-0.05, 0) is 59.5 Å². The number of hydrogen-bond acceptors (Lipinski definition) is 3. The Morgan fingerprint density at radius 2 is 1.73 bits per heavy atom. The molecule has 0 aliphatic heterocycles. The number of benzene rings is 4. The summed E-state index contributed by atoms with van der Waals surface area (Å²) in [4.78, 5) is 13.0. The Kier molecular flexibility index (Phi) is 6.52. The Balaban J connectivity index is 1.71. The normalized spacial score (nSPS) is 11.1. The van der Waals surface area contributed by atoms with E-state index in [1.165, 1.54) is 0 Å². The second-order valence-corrected chi connectivity index (χ2v) is 7.92. The summed E-state index contributed by atoms with van der Waals surface area (Å²) < 4.78 is 6.12. The highest BCUT2D eigenvalue weighted by molar-refractivity contribution is 6.11. The maximum atomic E-state index is 13.0. The number of anilines is 1. The van der Waals surface area contributed by atoms with Crippen molar-refractivity contribution in [2.75, 3.05) is 5.32 Å². The van der Waals surface area contributed by atoms with Gasteiger partial charge in [0.25, 0.3) is 5.91 Å². The van der Waals surface area contributed by atoms with Crippen molar-refractivity contribution in [3.8, 4) is 11.8 Å². The Hall–Kier alpha value is -4.36. The number of amides is 1. The lowest BCUT2D eigenvalue weighted by atomic mass is 10.0. The first-order valence-electron chi connectivity index (χ1n) is 10.7. The van der Waals surface area contributed by atoms with Crippen LogP contribution < -0.4 is 10.1 Å². The van der Waals surface area contributed by atoms with Crippen molar-refractivity contribution in [1.82, 2.24) is 0 Å². The molecule has 0 atom stereocenters. The van der Waals surface area contributed by atoms with Gasteiger partial charge in [0, 0.05) is 11.3 Å². The monoisotopic (exact) mass is 432 g/mol. The van der Waals surface area contributed by atoms with Gasteiger partial charge in [-0.15, -0.1) is 0 Å². The van der Waals surface area contributed by atoms with Crippen LogP contribution in [0.2, 0.25) is 0 Å². The van der Waals surface area contributed by atoms with Gasteiger partial charge < -0.3 is 10.1 Å². The third-order valence-corrected chi connectivity index (χ3v) is 5.46. The van der Waals surface area contributed by atoms with Crippen LogP contribution in [0.3, 0.4) is 0 Å². The van der Waals surface area contributed by atoms with Crippen LogP contribution in [0.1, 0.15) is 22.3 Å². The molecule has 0 spiro atoms. The molecule has 0 saturated carbocycles. The second kappa shape index (κ2) is 9.84. The van der Waals surface area contributed by atoms with E-state index in [0.29, 0.717) is 23.6 Å². The maximum absolute atomic E-state index is 13.0. The van der Waals surface area contributed by atoms with Crippen LogP contribution in [0.4, 0.5) is 5.69 Å². The molecule has 0 unspecified atom stereocenters. The van der Waals surface area contributed by atoms with Crippen LogP contribution in [0, 0.1) is 25.2 Å². The largest absolute Gasteiger partial charge is 0.488 e. The number of nitrogens with zero attached hydrogens (tertiary/aromatic N) is 1. The van der Waals surface area contributed by atoms with Gasteiger partial charge >= 0.3 is 0 Å². The lowest BCUT2D eigenvalue weighted by Crippen LogP contribution is -2.14. The number of carbonyl (C=O) groups is 1. The smallest absolute Gasteiger partial charge is 0.266 e. The number of nitriles is 1. The lowest BCUT2D eigenvalue weighted by Gasteiger charge is -2.13. The summed E-state index contributed by atoms with van der Waals surface area (Å²) in [6.45, 7) is 4.27. The zero-order chi connectivity index (χ0) is 23.2. The fraction of sp³-hybridized carbons (Fsp3) is 0.103. The summed E-state index contributed by atoms with van der Waals surface area (Å²) in [7, 11) is 0. The standard InChI is InChI=1S/C29H24N2O2/c1-20-12-13-21(2)27(16-20)31-29(32)24(18-30)17-26-25-11-7-6-10-23(25)14-15-28(26)33-19-22-8-4-3-5-9-22/h3-17H,19H2,1-2H3,(H,31,32)/b24-17+. The molecule has 0 aliphatic carbocycles. The molecule has 0 radical (unpaired) electrons. The summed E-state index contributed by atoms with van der Waals surface area (Å²) in [5, 5.41) is 14.6. The van der Waals surface area contributed by atoms with E-state index in [9.17, 15) is 10.1 Å². The quantitative estimate of drug-likeness (QED) is 0.276. The summed E-state index contributed by atoms with van der Waals surface area (Å²) in [5.41, 5.74) is 4.41. The summed E-state index contributed by atoms with van der Waals surface area (Å²) in [6, 6.07) is 29.5. The van der Waals surface area contributed by atoms with Crippen molar-refractivity contribution in [2.45, 2.75) is 20.5 Å². The van der Waals surface area contributed by atoms with E-state index < -0.39 is 5.91 Å². The van der Waals surface area contributed by atoms with Crippen molar-refractivity contribution < 1.29 is 9.53 Å². The van der Waals surface area contributed by atoms with Crippen molar-refractivity contribution in [2.24, 2.45) is 0 Å². The molecule has 0 aromatic heterocycles. The van der Waals surface area contributed by atoms with E-state index in [4.69, 9.17) is 4.74 Å². The van der Waals surface area contributed by atoms with Gasteiger partial charge in [-0.25, -0.2) is 0 Å². The van der Waals surface area contributed by atoms with Crippen molar-refractivity contribution in [3.63, 3.8) is 0 Å². The average molecular weight is 433 g/mol. The van der Waals surface area contributed by atoms with Gasteiger partial charge in [-0.1, -0.05) is 72.8 Å². The second-order valence-electron chi connectivity index (χ2n) is 7.92.